The minimum absolute atomic E-state index is 0.152. The molecule has 0 aromatic heterocycles. The lowest BCUT2D eigenvalue weighted by atomic mass is 9.86. The molecule has 6 heteroatoms. The molecule has 0 heterocycles. The van der Waals surface area contributed by atoms with Crippen molar-refractivity contribution in [3.05, 3.63) is 30.3 Å². The van der Waals surface area contributed by atoms with Crippen LogP contribution >= 0.6 is 0 Å². The quantitative estimate of drug-likeness (QED) is 0.901. The van der Waals surface area contributed by atoms with Crippen molar-refractivity contribution in [1.82, 2.24) is 9.62 Å². The number of hydrogen-bond donors (Lipinski definition) is 1. The van der Waals surface area contributed by atoms with Crippen LogP contribution in [0.4, 0.5) is 0 Å². The maximum absolute atomic E-state index is 12.4. The van der Waals surface area contributed by atoms with Gasteiger partial charge in [0, 0.05) is 13.1 Å². The topological polar surface area (TPSA) is 66.5 Å². The zero-order chi connectivity index (χ0) is 16.2. The molecular formula is C16H24N2O3S. The highest BCUT2D eigenvalue weighted by atomic mass is 32.2. The van der Waals surface area contributed by atoms with Gasteiger partial charge in [0.1, 0.15) is 0 Å². The Labute approximate surface area is 132 Å². The summed E-state index contributed by atoms with van der Waals surface area (Å²) in [4.78, 5) is 12.3. The first-order valence-electron chi connectivity index (χ1n) is 7.72. The smallest absolute Gasteiger partial charge is 0.243 e. The van der Waals surface area contributed by atoms with Crippen LogP contribution in [-0.4, -0.2) is 38.3 Å². The van der Waals surface area contributed by atoms with Crippen molar-refractivity contribution in [2.45, 2.75) is 43.5 Å². The van der Waals surface area contributed by atoms with Crippen LogP contribution in [0, 0.1) is 5.92 Å². The molecule has 2 unspecified atom stereocenters. The molecule has 1 aliphatic carbocycles. The lowest BCUT2D eigenvalue weighted by molar-refractivity contribution is -0.122. The van der Waals surface area contributed by atoms with Crippen LogP contribution in [-0.2, 0) is 14.8 Å². The molecule has 0 radical (unpaired) electrons. The van der Waals surface area contributed by atoms with Gasteiger partial charge in [-0.25, -0.2) is 8.42 Å². The summed E-state index contributed by atoms with van der Waals surface area (Å²) in [6.45, 7) is 1.98. The molecule has 1 N–H and O–H groups in total. The van der Waals surface area contributed by atoms with Gasteiger partial charge in [-0.05, 0) is 30.9 Å². The SMILES string of the molecule is CC1CCCCC1NC(=O)CN(C)S(=O)(=O)c1ccccc1. The van der Waals surface area contributed by atoms with Gasteiger partial charge in [-0.2, -0.15) is 4.31 Å². The highest BCUT2D eigenvalue weighted by Gasteiger charge is 2.26. The number of benzene rings is 1. The lowest BCUT2D eigenvalue weighted by Gasteiger charge is -2.30. The van der Waals surface area contributed by atoms with Gasteiger partial charge in [-0.15, -0.1) is 0 Å². The van der Waals surface area contributed by atoms with Gasteiger partial charge < -0.3 is 5.32 Å². The predicted molar refractivity (Wildman–Crippen MR) is 85.8 cm³/mol. The fourth-order valence-corrected chi connectivity index (χ4v) is 3.99. The standard InChI is InChI=1S/C16H24N2O3S/c1-13-8-6-7-11-15(13)17-16(19)12-18(2)22(20,21)14-9-4-3-5-10-14/h3-5,9-10,13,15H,6-8,11-12H2,1-2H3,(H,17,19). The number of carbonyl (C=O) groups is 1. The monoisotopic (exact) mass is 324 g/mol. The summed E-state index contributed by atoms with van der Waals surface area (Å²) in [5.41, 5.74) is 0. The summed E-state index contributed by atoms with van der Waals surface area (Å²) < 4.78 is 25.8. The Hall–Kier alpha value is -1.40. The molecule has 0 spiro atoms. The molecule has 1 aliphatic rings. The van der Waals surface area contributed by atoms with Gasteiger partial charge >= 0.3 is 0 Å². The third-order valence-electron chi connectivity index (χ3n) is 4.28. The van der Waals surface area contributed by atoms with Crippen molar-refractivity contribution < 1.29 is 13.2 Å². The van der Waals surface area contributed by atoms with Crippen LogP contribution in [0.25, 0.3) is 0 Å². The zero-order valence-corrected chi connectivity index (χ0v) is 14.0. The molecule has 22 heavy (non-hydrogen) atoms. The molecule has 0 bridgehead atoms. The zero-order valence-electron chi connectivity index (χ0n) is 13.2. The predicted octanol–water partition coefficient (Wildman–Crippen LogP) is 2.00. The van der Waals surface area contributed by atoms with Crippen molar-refractivity contribution in [2.24, 2.45) is 5.92 Å². The number of carbonyl (C=O) groups excluding carboxylic acids is 1. The Morgan fingerprint density at radius 3 is 2.50 bits per heavy atom. The van der Waals surface area contributed by atoms with Crippen molar-refractivity contribution in [3.8, 4) is 0 Å². The lowest BCUT2D eigenvalue weighted by Crippen LogP contribution is -2.46. The normalized spacial score (nSPS) is 22.5. The van der Waals surface area contributed by atoms with E-state index >= 15 is 0 Å². The van der Waals surface area contributed by atoms with E-state index in [0.29, 0.717) is 5.92 Å². The first-order valence-corrected chi connectivity index (χ1v) is 9.16. The molecule has 122 valence electrons. The van der Waals surface area contributed by atoms with E-state index < -0.39 is 10.0 Å². The first-order chi connectivity index (χ1) is 10.4. The maximum Gasteiger partial charge on any atom is 0.243 e. The molecule has 1 amide bonds. The molecule has 5 nitrogen and oxygen atoms in total. The number of nitrogens with zero attached hydrogens (tertiary/aromatic N) is 1. The Balaban J connectivity index is 1.96. The average molecular weight is 324 g/mol. The van der Waals surface area contributed by atoms with Gasteiger partial charge in [-0.1, -0.05) is 38.0 Å². The summed E-state index contributed by atoms with van der Waals surface area (Å²) >= 11 is 0. The fraction of sp³-hybridized carbons (Fsp3) is 0.562. The van der Waals surface area contributed by atoms with Crippen molar-refractivity contribution in [3.63, 3.8) is 0 Å². The first kappa shape index (κ1) is 17.0. The molecule has 1 saturated carbocycles. The Bertz CT molecular complexity index is 601. The van der Waals surface area contributed by atoms with Crippen LogP contribution in [0.1, 0.15) is 32.6 Å². The highest BCUT2D eigenvalue weighted by Crippen LogP contribution is 2.23. The van der Waals surface area contributed by atoms with E-state index in [4.69, 9.17) is 0 Å². The summed E-state index contributed by atoms with van der Waals surface area (Å²) in [6.07, 6.45) is 4.41. The van der Waals surface area contributed by atoms with Gasteiger partial charge in [0.05, 0.1) is 11.4 Å². The van der Waals surface area contributed by atoms with E-state index in [2.05, 4.69) is 12.2 Å². The molecule has 1 aromatic carbocycles. The van der Waals surface area contributed by atoms with Crippen LogP contribution in [0.15, 0.2) is 35.2 Å². The van der Waals surface area contributed by atoms with Gasteiger partial charge in [-0.3, -0.25) is 4.79 Å². The number of sulfonamides is 1. The largest absolute Gasteiger partial charge is 0.352 e. The maximum atomic E-state index is 12.4. The number of nitrogens with one attached hydrogen (secondary N) is 1. The molecule has 2 rings (SSSR count). The fourth-order valence-electron chi connectivity index (χ4n) is 2.84. The van der Waals surface area contributed by atoms with E-state index in [-0.39, 0.29) is 23.4 Å². The van der Waals surface area contributed by atoms with Gasteiger partial charge in [0.25, 0.3) is 0 Å². The highest BCUT2D eigenvalue weighted by molar-refractivity contribution is 7.89. The molecule has 1 aromatic rings. The van der Waals surface area contributed by atoms with Crippen molar-refractivity contribution >= 4 is 15.9 Å². The Morgan fingerprint density at radius 2 is 1.86 bits per heavy atom. The van der Waals surface area contributed by atoms with E-state index in [1.165, 1.54) is 25.6 Å². The van der Waals surface area contributed by atoms with Crippen LogP contribution < -0.4 is 5.32 Å². The number of amides is 1. The third-order valence-corrected chi connectivity index (χ3v) is 6.09. The number of hydrogen-bond acceptors (Lipinski definition) is 3. The third kappa shape index (κ3) is 4.08. The summed E-state index contributed by atoms with van der Waals surface area (Å²) in [5, 5.41) is 2.98. The Kier molecular flexibility index (Phi) is 5.58. The van der Waals surface area contributed by atoms with E-state index in [1.807, 2.05) is 0 Å². The molecule has 1 fully saturated rings. The molecule has 0 aliphatic heterocycles. The van der Waals surface area contributed by atoms with Gasteiger partial charge in [0.2, 0.25) is 15.9 Å². The molecular weight excluding hydrogens is 300 g/mol. The van der Waals surface area contributed by atoms with Crippen molar-refractivity contribution in [2.75, 3.05) is 13.6 Å². The van der Waals surface area contributed by atoms with E-state index in [1.54, 1.807) is 18.2 Å². The molecule has 0 saturated heterocycles. The minimum atomic E-state index is -3.62. The van der Waals surface area contributed by atoms with Crippen LogP contribution in [0.2, 0.25) is 0 Å². The summed E-state index contributed by atoms with van der Waals surface area (Å²) in [6, 6.07) is 8.33. The van der Waals surface area contributed by atoms with E-state index in [0.717, 1.165) is 23.6 Å². The second-order valence-electron chi connectivity index (χ2n) is 6.01. The second kappa shape index (κ2) is 7.24. The van der Waals surface area contributed by atoms with Gasteiger partial charge in [0.15, 0.2) is 0 Å². The second-order valence-corrected chi connectivity index (χ2v) is 8.05. The number of rotatable bonds is 5. The van der Waals surface area contributed by atoms with E-state index in [9.17, 15) is 13.2 Å². The van der Waals surface area contributed by atoms with Crippen LogP contribution in [0.3, 0.4) is 0 Å². The van der Waals surface area contributed by atoms with Crippen LogP contribution in [0.5, 0.6) is 0 Å². The number of likely N-dealkylation sites (N-methyl/N-ethyl adjacent to an activating group) is 1. The summed E-state index contributed by atoms with van der Waals surface area (Å²) in [5.74, 6) is 0.217. The minimum Gasteiger partial charge on any atom is -0.352 e. The average Bonchev–Trinajstić information content (AvgIpc) is 2.50. The molecule has 2 atom stereocenters. The Morgan fingerprint density at radius 1 is 1.23 bits per heavy atom. The van der Waals surface area contributed by atoms with Crippen molar-refractivity contribution in [1.29, 1.82) is 0 Å². The summed E-state index contributed by atoms with van der Waals surface area (Å²) in [7, 11) is -2.18.